The second kappa shape index (κ2) is 25.4. The van der Waals surface area contributed by atoms with E-state index >= 15 is 0 Å². The van der Waals surface area contributed by atoms with Gasteiger partial charge in [-0.25, -0.2) is 0 Å². The molecule has 9 aromatic carbocycles. The molecule has 15 rings (SSSR count). The van der Waals surface area contributed by atoms with Gasteiger partial charge in [0.05, 0.1) is 5.69 Å². The summed E-state index contributed by atoms with van der Waals surface area (Å²) in [6, 6.07) is 59.7. The van der Waals surface area contributed by atoms with Crippen LogP contribution in [0, 0.1) is 13.8 Å². The van der Waals surface area contributed by atoms with Crippen molar-refractivity contribution in [3.05, 3.63) is 207 Å². The van der Waals surface area contributed by atoms with Crippen molar-refractivity contribution in [2.45, 2.75) is 245 Å². The second-order valence-electron chi connectivity index (χ2n) is 30.9. The molecule has 0 amide bonds. The lowest BCUT2D eigenvalue weighted by molar-refractivity contribution is 0.369. The minimum atomic E-state index is -0.278. The molecule has 0 radical (unpaired) electrons. The highest BCUT2D eigenvalue weighted by atomic mass is 16.3. The van der Waals surface area contributed by atoms with Crippen LogP contribution in [-0.4, -0.2) is 0 Å². The van der Waals surface area contributed by atoms with Crippen LogP contribution in [0.5, 0.6) is 0 Å². The van der Waals surface area contributed by atoms with Crippen LogP contribution in [0.3, 0.4) is 0 Å². The Hall–Kier alpha value is -7.62. The summed E-state index contributed by atoms with van der Waals surface area (Å²) in [5.41, 5.74) is 32.7. The summed E-state index contributed by atoms with van der Waals surface area (Å²) in [4.78, 5) is 2.69. The second-order valence-corrected chi connectivity index (χ2v) is 30.9. The quantitative estimate of drug-likeness (QED) is 0.0481. The van der Waals surface area contributed by atoms with E-state index in [0.29, 0.717) is 0 Å². The van der Waals surface area contributed by atoms with Gasteiger partial charge in [-0.15, -0.1) is 0 Å². The molecule has 0 unspecified atom stereocenters. The number of benzene rings is 9. The fourth-order valence-electron chi connectivity index (χ4n) is 19.5. The lowest BCUT2D eigenvalue weighted by Crippen LogP contribution is -2.33. The Labute approximate surface area is 568 Å². The molecular weight excluding hydrogens is 1150 g/mol. The maximum Gasteiger partial charge on any atom is 0.144 e. The van der Waals surface area contributed by atoms with E-state index in [4.69, 9.17) is 8.83 Å². The summed E-state index contributed by atoms with van der Waals surface area (Å²) in [6.45, 7) is 24.0. The van der Waals surface area contributed by atoms with E-state index in [9.17, 15) is 0 Å². The van der Waals surface area contributed by atoms with Gasteiger partial charge >= 0.3 is 0 Å². The number of fused-ring (bicyclic) bond motifs is 22. The molecule has 0 atom stereocenters. The highest BCUT2D eigenvalue weighted by Gasteiger charge is 2.54. The van der Waals surface area contributed by atoms with Gasteiger partial charge in [-0.1, -0.05) is 281 Å². The Morgan fingerprint density at radius 1 is 0.326 bits per heavy atom. The van der Waals surface area contributed by atoms with Crippen molar-refractivity contribution >= 4 is 60.9 Å². The van der Waals surface area contributed by atoms with Crippen molar-refractivity contribution in [2.75, 3.05) is 4.90 Å². The summed E-state index contributed by atoms with van der Waals surface area (Å²) < 4.78 is 14.2. The predicted octanol–water partition coefficient (Wildman–Crippen LogP) is 28.2. The zero-order chi connectivity index (χ0) is 65.4. The Morgan fingerprint density at radius 2 is 0.789 bits per heavy atom. The molecule has 488 valence electrons. The van der Waals surface area contributed by atoms with Crippen molar-refractivity contribution in [1.82, 2.24) is 0 Å². The normalized spacial score (nSPS) is 15.3. The predicted molar refractivity (Wildman–Crippen MR) is 406 cm³/mol. The third-order valence-corrected chi connectivity index (χ3v) is 24.2. The first-order chi connectivity index (χ1) is 46.3. The van der Waals surface area contributed by atoms with Gasteiger partial charge in [-0.2, -0.15) is 0 Å². The molecule has 0 bridgehead atoms. The number of para-hydroxylation sites is 3. The zero-order valence-corrected chi connectivity index (χ0v) is 59.2. The molecule has 3 nitrogen and oxygen atoms in total. The van der Waals surface area contributed by atoms with Gasteiger partial charge in [-0.3, -0.25) is 0 Å². The van der Waals surface area contributed by atoms with Gasteiger partial charge < -0.3 is 13.7 Å². The van der Waals surface area contributed by atoms with Gasteiger partial charge in [0.2, 0.25) is 0 Å². The van der Waals surface area contributed by atoms with Crippen molar-refractivity contribution in [1.29, 1.82) is 0 Å². The minimum absolute atomic E-state index is 0.125. The molecule has 0 saturated heterocycles. The average molecular weight is 1250 g/mol. The lowest BCUT2D eigenvalue weighted by Gasteiger charge is -2.40. The van der Waals surface area contributed by atoms with Crippen LogP contribution in [0.2, 0.25) is 0 Å². The molecule has 4 aliphatic carbocycles. The number of unbranched alkanes of at least 4 members (excludes halogenated alkanes) is 16. The van der Waals surface area contributed by atoms with E-state index in [1.165, 1.54) is 263 Å². The van der Waals surface area contributed by atoms with Crippen LogP contribution in [0.15, 0.2) is 160 Å². The highest BCUT2D eigenvalue weighted by molar-refractivity contribution is 6.21. The van der Waals surface area contributed by atoms with E-state index in [1.54, 1.807) is 16.7 Å². The highest BCUT2D eigenvalue weighted by Crippen LogP contribution is 2.68. The largest absolute Gasteiger partial charge is 0.456 e. The van der Waals surface area contributed by atoms with Gasteiger partial charge in [0.1, 0.15) is 22.3 Å². The van der Waals surface area contributed by atoms with Gasteiger partial charge in [0, 0.05) is 60.1 Å². The van der Waals surface area contributed by atoms with Crippen LogP contribution in [0.1, 0.15) is 265 Å². The van der Waals surface area contributed by atoms with Gasteiger partial charge in [0.15, 0.2) is 0 Å². The van der Waals surface area contributed by atoms with Crippen LogP contribution in [0.4, 0.5) is 17.1 Å². The number of hydrogen-bond acceptors (Lipinski definition) is 3. The molecule has 95 heavy (non-hydrogen) atoms. The first-order valence-corrected chi connectivity index (χ1v) is 37.7. The molecule has 2 aromatic heterocycles. The number of nitrogens with zero attached hydrogens (tertiary/aromatic N) is 1. The fourth-order valence-corrected chi connectivity index (χ4v) is 19.5. The molecule has 2 heterocycles. The Bertz CT molecular complexity index is 4680. The standard InChI is InChI=1S/C92H103NO2/c1-11-15-19-23-33-52-91(53-34-24-20-16-12-2)71-43-30-27-40-65(71)82-83-68-42-29-32-45-78(68)95-88(83)84-66-49-47-63(57-76(66)92(86(84)85(82)91,54-35-25-21-17-13-3)55-36-26-22-18-14-4)93(87-60(5)38-37-39-61(87)6)62-46-48-64-69-58-75-70(59-74(69)90(9,10)73(64)56-62)80-72(89(75,7)8)50-51-79-81(80)67-41-28-31-44-77(67)94-79/h27-32,37-51,56-59H,11-26,33-36,52-55H2,1-10H3. The minimum Gasteiger partial charge on any atom is -0.456 e. The maximum atomic E-state index is 7.63. The SMILES string of the molecule is CCCCCCCC1(CCCCCCC)c2cc(N(c3ccc4c(c3)C(C)(C)c3cc5c(cc3-4)C(C)(C)c3ccc4oc6ccccc6c4c3-5)c3c(C)cccc3C)ccc2-c2c1c1c(c3c2oc2ccccc23)-c2ccccc2C1(CCCCCCC)CCCCCCC. The topological polar surface area (TPSA) is 29.5 Å². The number of hydrogen-bond donors (Lipinski definition) is 0. The number of anilines is 3. The average Bonchev–Trinajstić information content (AvgIpc) is 1.49. The molecule has 0 spiro atoms. The van der Waals surface area contributed by atoms with Crippen molar-refractivity contribution < 1.29 is 8.83 Å². The molecule has 0 N–H and O–H groups in total. The Morgan fingerprint density at radius 3 is 1.40 bits per heavy atom. The molecule has 0 fully saturated rings. The van der Waals surface area contributed by atoms with Crippen molar-refractivity contribution in [3.8, 4) is 44.5 Å². The third-order valence-electron chi connectivity index (χ3n) is 24.2. The van der Waals surface area contributed by atoms with E-state index in [-0.39, 0.29) is 21.7 Å². The van der Waals surface area contributed by atoms with Crippen LogP contribution in [-0.2, 0) is 21.7 Å². The molecular formula is C92H103NO2. The van der Waals surface area contributed by atoms with E-state index in [1.807, 2.05) is 0 Å². The fraction of sp³-hybridized carbons (Fsp3) is 0.413. The molecule has 0 aliphatic heterocycles. The van der Waals surface area contributed by atoms with Crippen LogP contribution >= 0.6 is 0 Å². The Kier molecular flexibility index (Phi) is 17.0. The van der Waals surface area contributed by atoms with Gasteiger partial charge in [-0.05, 0) is 189 Å². The van der Waals surface area contributed by atoms with Crippen molar-refractivity contribution in [3.63, 3.8) is 0 Å². The van der Waals surface area contributed by atoms with E-state index < -0.39 is 0 Å². The lowest BCUT2D eigenvalue weighted by atomic mass is 9.62. The first kappa shape index (κ1) is 63.4. The summed E-state index contributed by atoms with van der Waals surface area (Å²) in [6.07, 6.45) is 30.0. The summed E-state index contributed by atoms with van der Waals surface area (Å²) >= 11 is 0. The van der Waals surface area contributed by atoms with Crippen molar-refractivity contribution in [2.24, 2.45) is 0 Å². The van der Waals surface area contributed by atoms with Crippen LogP contribution in [0.25, 0.3) is 88.4 Å². The summed E-state index contributed by atoms with van der Waals surface area (Å²) in [5.74, 6) is 0. The molecule has 11 aromatic rings. The smallest absolute Gasteiger partial charge is 0.144 e. The summed E-state index contributed by atoms with van der Waals surface area (Å²) in [7, 11) is 0. The zero-order valence-electron chi connectivity index (χ0n) is 59.2. The maximum absolute atomic E-state index is 7.63. The molecule has 4 aliphatic rings. The third kappa shape index (κ3) is 10.1. The Balaban J connectivity index is 0.958. The van der Waals surface area contributed by atoms with Gasteiger partial charge in [0.25, 0.3) is 0 Å². The van der Waals surface area contributed by atoms with E-state index in [2.05, 4.69) is 226 Å². The van der Waals surface area contributed by atoms with Crippen LogP contribution < -0.4 is 4.90 Å². The number of rotatable bonds is 27. The first-order valence-electron chi connectivity index (χ1n) is 37.7. The molecule has 3 heteroatoms. The number of furan rings is 2. The van der Waals surface area contributed by atoms with E-state index in [0.717, 1.165) is 35.2 Å². The number of aryl methyl sites for hydroxylation is 2. The monoisotopic (exact) mass is 1250 g/mol. The summed E-state index contributed by atoms with van der Waals surface area (Å²) in [5, 5.41) is 5.04. The molecule has 0 saturated carbocycles.